The van der Waals surface area contributed by atoms with Crippen LogP contribution in [0.15, 0.2) is 40.9 Å². The molecule has 0 amide bonds. The van der Waals surface area contributed by atoms with Crippen molar-refractivity contribution in [3.63, 3.8) is 0 Å². The second-order valence-electron chi connectivity index (χ2n) is 4.02. The van der Waals surface area contributed by atoms with Gasteiger partial charge in [-0.2, -0.15) is 0 Å². The van der Waals surface area contributed by atoms with E-state index in [1.807, 2.05) is 0 Å². The molecular weight excluding hydrogens is 352 g/mol. The summed E-state index contributed by atoms with van der Waals surface area (Å²) in [5, 5.41) is 8.80. The van der Waals surface area contributed by atoms with Gasteiger partial charge in [0.25, 0.3) is 0 Å². The van der Waals surface area contributed by atoms with E-state index in [9.17, 15) is 4.79 Å². The molecule has 2 aromatic carbocycles. The van der Waals surface area contributed by atoms with E-state index in [4.69, 9.17) is 19.3 Å². The van der Waals surface area contributed by atoms with Crippen LogP contribution in [-0.4, -0.2) is 32.7 Å². The van der Waals surface area contributed by atoms with Crippen LogP contribution in [0.25, 0.3) is 0 Å². The molecule has 0 radical (unpaired) electrons. The zero-order chi connectivity index (χ0) is 16.5. The Balaban J connectivity index is 0.000000235. The number of methoxy groups -OCH3 is 3. The Bertz CT molecular complexity index is 611. The smallest absolute Gasteiger partial charge is 0.175 e. The summed E-state index contributed by atoms with van der Waals surface area (Å²) in [6.45, 7) is 0. The van der Waals surface area contributed by atoms with Crippen molar-refractivity contribution in [2.45, 2.75) is 0 Å². The number of halogens is 1. The van der Waals surface area contributed by atoms with Crippen LogP contribution in [0.2, 0.25) is 0 Å². The number of carbonyl (C=O) groups is 1. The quantitative estimate of drug-likeness (QED) is 0.833. The SMILES string of the molecule is COc1ccc(C=O)c(Br)c1OC.COc1ccc(O)cc1. The third kappa shape index (κ3) is 4.66. The third-order valence-corrected chi connectivity index (χ3v) is 3.53. The van der Waals surface area contributed by atoms with Gasteiger partial charge in [0.05, 0.1) is 25.8 Å². The summed E-state index contributed by atoms with van der Waals surface area (Å²) < 4.78 is 15.6. The average Bonchev–Trinajstić information content (AvgIpc) is 2.55. The van der Waals surface area contributed by atoms with Crippen molar-refractivity contribution in [3.05, 3.63) is 46.4 Å². The second-order valence-corrected chi connectivity index (χ2v) is 4.81. The molecule has 0 atom stereocenters. The molecule has 0 saturated carbocycles. The standard InChI is InChI=1S/C9H9BrO3.C7H8O2/c1-12-7-4-3-6(5-11)8(10)9(7)13-2;1-9-7-4-2-6(8)3-5-7/h3-5H,1-2H3;2-5,8H,1H3. The molecule has 118 valence electrons. The van der Waals surface area contributed by atoms with Crippen LogP contribution in [-0.2, 0) is 0 Å². The van der Waals surface area contributed by atoms with Gasteiger partial charge in [0.2, 0.25) is 0 Å². The van der Waals surface area contributed by atoms with E-state index >= 15 is 0 Å². The van der Waals surface area contributed by atoms with E-state index in [2.05, 4.69) is 15.9 Å². The molecule has 0 aliphatic carbocycles. The lowest BCUT2D eigenvalue weighted by Crippen LogP contribution is -1.94. The second kappa shape index (κ2) is 8.94. The fraction of sp³-hybridized carbons (Fsp3) is 0.188. The third-order valence-electron chi connectivity index (χ3n) is 2.71. The van der Waals surface area contributed by atoms with Gasteiger partial charge < -0.3 is 19.3 Å². The number of ether oxygens (including phenoxy) is 3. The van der Waals surface area contributed by atoms with Gasteiger partial charge in [-0.05, 0) is 52.3 Å². The van der Waals surface area contributed by atoms with E-state index in [1.165, 1.54) is 7.11 Å². The van der Waals surface area contributed by atoms with Crippen molar-refractivity contribution >= 4 is 22.2 Å². The summed E-state index contributed by atoms with van der Waals surface area (Å²) in [6.07, 6.45) is 0.756. The molecule has 0 aliphatic heterocycles. The maximum absolute atomic E-state index is 10.6. The first-order valence-corrected chi connectivity index (χ1v) is 7.05. The molecule has 0 fully saturated rings. The number of phenols is 1. The lowest BCUT2D eigenvalue weighted by atomic mass is 10.2. The fourth-order valence-corrected chi connectivity index (χ4v) is 2.16. The molecule has 0 spiro atoms. The fourth-order valence-electron chi connectivity index (χ4n) is 1.58. The van der Waals surface area contributed by atoms with Crippen molar-refractivity contribution in [1.29, 1.82) is 0 Å². The van der Waals surface area contributed by atoms with Gasteiger partial charge in [0.1, 0.15) is 11.5 Å². The lowest BCUT2D eigenvalue weighted by Gasteiger charge is -2.09. The van der Waals surface area contributed by atoms with Crippen LogP contribution in [0, 0.1) is 0 Å². The van der Waals surface area contributed by atoms with Crippen LogP contribution in [0.5, 0.6) is 23.0 Å². The first-order valence-electron chi connectivity index (χ1n) is 6.26. The van der Waals surface area contributed by atoms with E-state index < -0.39 is 0 Å². The Morgan fingerprint density at radius 1 is 0.955 bits per heavy atom. The molecule has 6 heteroatoms. The van der Waals surface area contributed by atoms with E-state index in [1.54, 1.807) is 50.6 Å². The number of phenolic OH excluding ortho intramolecular Hbond substituents is 1. The van der Waals surface area contributed by atoms with Gasteiger partial charge in [-0.15, -0.1) is 0 Å². The van der Waals surface area contributed by atoms with Gasteiger partial charge in [-0.3, -0.25) is 4.79 Å². The summed E-state index contributed by atoms with van der Waals surface area (Å²) in [5.74, 6) is 2.15. The van der Waals surface area contributed by atoms with Crippen LogP contribution < -0.4 is 14.2 Å². The number of aromatic hydroxyl groups is 1. The maximum Gasteiger partial charge on any atom is 0.175 e. The Hall–Kier alpha value is -2.21. The minimum absolute atomic E-state index is 0.260. The van der Waals surface area contributed by atoms with Gasteiger partial charge in [-0.25, -0.2) is 0 Å². The van der Waals surface area contributed by atoms with Crippen LogP contribution in [0.1, 0.15) is 10.4 Å². The highest BCUT2D eigenvalue weighted by atomic mass is 79.9. The van der Waals surface area contributed by atoms with Crippen LogP contribution in [0.4, 0.5) is 0 Å². The molecule has 0 aromatic heterocycles. The van der Waals surface area contributed by atoms with E-state index in [-0.39, 0.29) is 5.75 Å². The summed E-state index contributed by atoms with van der Waals surface area (Å²) in [4.78, 5) is 10.6. The molecule has 0 heterocycles. The largest absolute Gasteiger partial charge is 0.508 e. The monoisotopic (exact) mass is 368 g/mol. The topological polar surface area (TPSA) is 65.0 Å². The normalized spacial score (nSPS) is 9.27. The summed E-state index contributed by atoms with van der Waals surface area (Å²) in [6, 6.07) is 9.92. The molecule has 2 rings (SSSR count). The molecule has 0 aliphatic rings. The number of hydrogen-bond donors (Lipinski definition) is 1. The Morgan fingerprint density at radius 2 is 1.59 bits per heavy atom. The summed E-state index contributed by atoms with van der Waals surface area (Å²) >= 11 is 3.26. The number of aldehydes is 1. The molecular formula is C16H17BrO5. The van der Waals surface area contributed by atoms with Crippen molar-refractivity contribution in [3.8, 4) is 23.0 Å². The van der Waals surface area contributed by atoms with Crippen molar-refractivity contribution in [1.82, 2.24) is 0 Å². The zero-order valence-electron chi connectivity index (χ0n) is 12.5. The van der Waals surface area contributed by atoms with Gasteiger partial charge in [0.15, 0.2) is 17.8 Å². The number of rotatable bonds is 4. The molecule has 0 saturated heterocycles. The highest BCUT2D eigenvalue weighted by Crippen LogP contribution is 2.36. The molecule has 1 N–H and O–H groups in total. The predicted molar refractivity (Wildman–Crippen MR) is 87.3 cm³/mol. The van der Waals surface area contributed by atoms with Crippen molar-refractivity contribution in [2.24, 2.45) is 0 Å². The average molecular weight is 369 g/mol. The van der Waals surface area contributed by atoms with Crippen LogP contribution in [0.3, 0.4) is 0 Å². The number of benzene rings is 2. The first-order chi connectivity index (χ1) is 10.6. The zero-order valence-corrected chi connectivity index (χ0v) is 14.1. The first kappa shape index (κ1) is 17.8. The Labute approximate surface area is 137 Å². The number of carbonyl (C=O) groups excluding carboxylic acids is 1. The highest BCUT2D eigenvalue weighted by Gasteiger charge is 2.11. The van der Waals surface area contributed by atoms with Crippen molar-refractivity contribution in [2.75, 3.05) is 21.3 Å². The molecule has 0 unspecified atom stereocenters. The highest BCUT2D eigenvalue weighted by molar-refractivity contribution is 9.10. The Kier molecular flexibility index (Phi) is 7.25. The summed E-state index contributed by atoms with van der Waals surface area (Å²) in [5.41, 5.74) is 0.539. The van der Waals surface area contributed by atoms with Gasteiger partial charge >= 0.3 is 0 Å². The molecule has 0 bridgehead atoms. The van der Waals surface area contributed by atoms with Gasteiger partial charge in [-0.1, -0.05) is 0 Å². The van der Waals surface area contributed by atoms with E-state index in [0.29, 0.717) is 21.5 Å². The van der Waals surface area contributed by atoms with Gasteiger partial charge in [0, 0.05) is 5.56 Å². The molecule has 5 nitrogen and oxygen atoms in total. The molecule has 22 heavy (non-hydrogen) atoms. The minimum Gasteiger partial charge on any atom is -0.508 e. The van der Waals surface area contributed by atoms with Crippen molar-refractivity contribution < 1.29 is 24.1 Å². The Morgan fingerprint density at radius 3 is 2.05 bits per heavy atom. The summed E-state index contributed by atoms with van der Waals surface area (Å²) in [7, 11) is 4.66. The number of hydrogen-bond acceptors (Lipinski definition) is 5. The predicted octanol–water partition coefficient (Wildman–Crippen LogP) is 3.68. The lowest BCUT2D eigenvalue weighted by molar-refractivity contribution is 0.112. The van der Waals surface area contributed by atoms with Crippen LogP contribution >= 0.6 is 15.9 Å². The molecule has 2 aromatic rings. The van der Waals surface area contributed by atoms with E-state index in [0.717, 1.165) is 12.0 Å². The minimum atomic E-state index is 0.260. The maximum atomic E-state index is 10.6.